The molecule has 0 amide bonds. The van der Waals surface area contributed by atoms with Crippen molar-refractivity contribution < 1.29 is 0 Å². The summed E-state index contributed by atoms with van der Waals surface area (Å²) in [5.74, 6) is 2.87. The Hall–Kier alpha value is -1.88. The predicted octanol–water partition coefficient (Wildman–Crippen LogP) is 2.91. The summed E-state index contributed by atoms with van der Waals surface area (Å²) in [7, 11) is 0. The van der Waals surface area contributed by atoms with Crippen molar-refractivity contribution in [2.45, 2.75) is 38.6 Å². The molecule has 0 radical (unpaired) electrons. The van der Waals surface area contributed by atoms with Crippen molar-refractivity contribution >= 4 is 17.5 Å². The van der Waals surface area contributed by atoms with Crippen molar-refractivity contribution in [2.24, 2.45) is 11.8 Å². The summed E-state index contributed by atoms with van der Waals surface area (Å²) in [5.41, 5.74) is 3.04. The highest BCUT2D eigenvalue weighted by Gasteiger charge is 2.39. The van der Waals surface area contributed by atoms with Crippen LogP contribution in [0.2, 0.25) is 0 Å². The molecule has 1 saturated carbocycles. The number of anilines is 1. The molecule has 1 aliphatic carbocycles. The molecule has 4 rings (SSSR count). The highest BCUT2D eigenvalue weighted by molar-refractivity contribution is 5.60. The van der Waals surface area contributed by atoms with Gasteiger partial charge >= 0.3 is 0 Å². The van der Waals surface area contributed by atoms with Gasteiger partial charge in [0.2, 0.25) is 0 Å². The van der Waals surface area contributed by atoms with E-state index < -0.39 is 0 Å². The lowest BCUT2D eigenvalue weighted by Crippen LogP contribution is -2.45. The molecule has 3 heterocycles. The number of fused-ring (bicyclic) bond motifs is 3. The van der Waals surface area contributed by atoms with Gasteiger partial charge in [0.1, 0.15) is 5.82 Å². The minimum atomic E-state index is 0.406. The molecule has 2 aliphatic rings. The highest BCUT2D eigenvalue weighted by Crippen LogP contribution is 2.36. The number of aromatic nitrogens is 3. The summed E-state index contributed by atoms with van der Waals surface area (Å²) < 4.78 is 1.96. The van der Waals surface area contributed by atoms with E-state index in [4.69, 9.17) is 4.98 Å². The third-order valence-corrected chi connectivity index (χ3v) is 5.40. The van der Waals surface area contributed by atoms with Crippen molar-refractivity contribution in [2.75, 3.05) is 18.4 Å². The first-order valence-corrected chi connectivity index (χ1v) is 8.65. The van der Waals surface area contributed by atoms with Gasteiger partial charge in [0.25, 0.3) is 0 Å². The van der Waals surface area contributed by atoms with Gasteiger partial charge in [-0.15, -0.1) is 0 Å². The molecule has 1 saturated heterocycles. The minimum Gasteiger partial charge on any atom is -0.366 e. The Morgan fingerprint density at radius 1 is 1.35 bits per heavy atom. The molecule has 2 aromatic heterocycles. The lowest BCUT2D eigenvalue weighted by Gasteiger charge is -2.32. The molecule has 5 heteroatoms. The summed E-state index contributed by atoms with van der Waals surface area (Å²) >= 11 is 0. The molecular weight excluding hydrogens is 286 g/mol. The van der Waals surface area contributed by atoms with Crippen LogP contribution in [0.5, 0.6) is 0 Å². The second-order valence-electron chi connectivity index (χ2n) is 7.19. The van der Waals surface area contributed by atoms with Crippen LogP contribution in [0.4, 0.5) is 5.82 Å². The van der Waals surface area contributed by atoms with Gasteiger partial charge in [-0.3, -0.25) is 0 Å². The van der Waals surface area contributed by atoms with Gasteiger partial charge in [-0.2, -0.15) is 9.61 Å². The maximum Gasteiger partial charge on any atom is 0.161 e. The lowest BCUT2D eigenvalue weighted by molar-refractivity contribution is 0.341. The molecule has 2 aromatic rings. The molecule has 1 aliphatic heterocycles. The topological polar surface area (TPSA) is 54.2 Å². The number of piperidine rings is 1. The molecule has 2 fully saturated rings. The summed E-state index contributed by atoms with van der Waals surface area (Å²) in [4.78, 5) is 4.71. The fourth-order valence-corrected chi connectivity index (χ4v) is 4.10. The first-order chi connectivity index (χ1) is 11.2. The van der Waals surface area contributed by atoms with E-state index in [9.17, 15) is 0 Å². The van der Waals surface area contributed by atoms with Crippen LogP contribution in [-0.4, -0.2) is 33.7 Å². The smallest absolute Gasteiger partial charge is 0.161 e. The Morgan fingerprint density at radius 3 is 2.74 bits per heavy atom. The van der Waals surface area contributed by atoms with Gasteiger partial charge in [-0.05, 0) is 49.8 Å². The first kappa shape index (κ1) is 14.7. The Kier molecular flexibility index (Phi) is 3.60. The van der Waals surface area contributed by atoms with Gasteiger partial charge in [0.15, 0.2) is 5.65 Å². The lowest BCUT2D eigenvalue weighted by atomic mass is 9.93. The van der Waals surface area contributed by atoms with Crippen LogP contribution in [0.3, 0.4) is 0 Å². The van der Waals surface area contributed by atoms with Gasteiger partial charge in [0.05, 0.1) is 11.9 Å². The SMILES string of the molecule is C=Cc1cc(NC2C3CCC2CNC3)n2ncc(C(C)C)c2n1. The van der Waals surface area contributed by atoms with Crippen molar-refractivity contribution in [1.82, 2.24) is 19.9 Å². The summed E-state index contributed by atoms with van der Waals surface area (Å²) in [6.07, 6.45) is 6.39. The van der Waals surface area contributed by atoms with Gasteiger partial charge < -0.3 is 10.6 Å². The van der Waals surface area contributed by atoms with Crippen molar-refractivity contribution in [3.05, 3.63) is 30.1 Å². The minimum absolute atomic E-state index is 0.406. The fourth-order valence-electron chi connectivity index (χ4n) is 4.10. The number of hydrogen-bond donors (Lipinski definition) is 2. The van der Waals surface area contributed by atoms with E-state index >= 15 is 0 Å². The highest BCUT2D eigenvalue weighted by atomic mass is 15.3. The average Bonchev–Trinajstić information content (AvgIpc) is 3.05. The second kappa shape index (κ2) is 5.64. The van der Waals surface area contributed by atoms with Crippen molar-refractivity contribution in [1.29, 1.82) is 0 Å². The molecule has 2 atom stereocenters. The predicted molar refractivity (Wildman–Crippen MR) is 93.7 cm³/mol. The van der Waals surface area contributed by atoms with Crippen LogP contribution in [0.1, 0.15) is 43.9 Å². The van der Waals surface area contributed by atoms with Crippen LogP contribution in [0.25, 0.3) is 11.7 Å². The molecule has 23 heavy (non-hydrogen) atoms. The summed E-state index contributed by atoms with van der Waals surface area (Å²) in [6.45, 7) is 10.5. The van der Waals surface area contributed by atoms with E-state index in [0.29, 0.717) is 23.8 Å². The third-order valence-electron chi connectivity index (χ3n) is 5.40. The number of nitrogens with zero attached hydrogens (tertiary/aromatic N) is 3. The molecule has 0 spiro atoms. The molecule has 2 unspecified atom stereocenters. The van der Waals surface area contributed by atoms with Gasteiger partial charge in [0, 0.05) is 17.7 Å². The van der Waals surface area contributed by atoms with E-state index in [1.54, 1.807) is 0 Å². The quantitative estimate of drug-likeness (QED) is 0.911. The van der Waals surface area contributed by atoms with Gasteiger partial charge in [-0.25, -0.2) is 4.98 Å². The Bertz CT molecular complexity index is 716. The molecule has 122 valence electrons. The van der Waals surface area contributed by atoms with Crippen LogP contribution in [0, 0.1) is 11.8 Å². The zero-order valence-electron chi connectivity index (χ0n) is 13.9. The average molecular weight is 311 g/mol. The summed E-state index contributed by atoms with van der Waals surface area (Å²) in [6, 6.07) is 2.60. The maximum atomic E-state index is 4.71. The molecule has 5 nitrogen and oxygen atoms in total. The molecule has 2 N–H and O–H groups in total. The van der Waals surface area contributed by atoms with E-state index in [2.05, 4.69) is 42.2 Å². The molecular formula is C18H25N5. The largest absolute Gasteiger partial charge is 0.366 e. The maximum absolute atomic E-state index is 4.71. The zero-order chi connectivity index (χ0) is 16.0. The van der Waals surface area contributed by atoms with Crippen LogP contribution in [-0.2, 0) is 0 Å². The van der Waals surface area contributed by atoms with Crippen molar-refractivity contribution in [3.63, 3.8) is 0 Å². The Morgan fingerprint density at radius 2 is 2.09 bits per heavy atom. The third kappa shape index (κ3) is 2.43. The van der Waals surface area contributed by atoms with Crippen LogP contribution < -0.4 is 10.6 Å². The van der Waals surface area contributed by atoms with E-state index in [-0.39, 0.29) is 0 Å². The Balaban J connectivity index is 1.75. The number of nitrogens with one attached hydrogen (secondary N) is 2. The fraction of sp³-hybridized carbons (Fsp3) is 0.556. The van der Waals surface area contributed by atoms with E-state index in [0.717, 1.165) is 30.2 Å². The summed E-state index contributed by atoms with van der Waals surface area (Å²) in [5, 5.41) is 11.9. The van der Waals surface area contributed by atoms with Crippen molar-refractivity contribution in [3.8, 4) is 0 Å². The normalized spacial score (nSPS) is 26.8. The van der Waals surface area contributed by atoms with Crippen LogP contribution in [0.15, 0.2) is 18.8 Å². The second-order valence-corrected chi connectivity index (χ2v) is 7.19. The molecule has 0 aromatic carbocycles. The van der Waals surface area contributed by atoms with Gasteiger partial charge in [-0.1, -0.05) is 20.4 Å². The molecule has 2 bridgehead atoms. The first-order valence-electron chi connectivity index (χ1n) is 8.65. The standard InChI is InChI=1S/C18H25N5/c1-4-14-7-16(22-17-12-5-6-13(17)9-19-8-12)23-18(21-14)15(10-20-23)11(2)3/h4,7,10-13,17,19,22H,1,5-6,8-9H2,2-3H3. The van der Waals surface area contributed by atoms with E-state index in [1.165, 1.54) is 18.4 Å². The Labute approximate surface area is 137 Å². The van der Waals surface area contributed by atoms with E-state index in [1.807, 2.05) is 16.8 Å². The number of hydrogen-bond acceptors (Lipinski definition) is 4. The monoisotopic (exact) mass is 311 g/mol. The zero-order valence-corrected chi connectivity index (χ0v) is 13.9. The number of rotatable bonds is 4. The van der Waals surface area contributed by atoms with Crippen LogP contribution >= 0.6 is 0 Å².